The number of fused-ring (bicyclic) bond motifs is 1. The van der Waals surface area contributed by atoms with Gasteiger partial charge in [0, 0.05) is 11.6 Å². The van der Waals surface area contributed by atoms with Gasteiger partial charge >= 0.3 is 5.97 Å². The van der Waals surface area contributed by atoms with Crippen LogP contribution in [0.25, 0.3) is 0 Å². The number of carbonyl (C=O) groups is 2. The quantitative estimate of drug-likeness (QED) is 0.893. The zero-order valence-corrected chi connectivity index (χ0v) is 11.0. The number of ether oxygens (including phenoxy) is 1. The van der Waals surface area contributed by atoms with Gasteiger partial charge in [-0.05, 0) is 19.9 Å². The van der Waals surface area contributed by atoms with Crippen LogP contribution in [0.15, 0.2) is 24.3 Å². The first kappa shape index (κ1) is 13.4. The molecule has 5 heteroatoms. The second-order valence-electron chi connectivity index (χ2n) is 4.86. The van der Waals surface area contributed by atoms with E-state index in [9.17, 15) is 9.59 Å². The highest BCUT2D eigenvalue weighted by atomic mass is 16.5. The summed E-state index contributed by atoms with van der Waals surface area (Å²) in [6, 6.07) is 7.22. The fourth-order valence-electron chi connectivity index (χ4n) is 2.23. The second kappa shape index (κ2) is 5.30. The van der Waals surface area contributed by atoms with E-state index >= 15 is 0 Å². The summed E-state index contributed by atoms with van der Waals surface area (Å²) in [7, 11) is 0. The van der Waals surface area contributed by atoms with Gasteiger partial charge in [0.1, 0.15) is 24.8 Å². The molecule has 1 N–H and O–H groups in total. The van der Waals surface area contributed by atoms with Crippen molar-refractivity contribution >= 4 is 11.9 Å². The third-order valence-corrected chi connectivity index (χ3v) is 3.21. The summed E-state index contributed by atoms with van der Waals surface area (Å²) < 4.78 is 5.47. The largest absolute Gasteiger partial charge is 0.492 e. The van der Waals surface area contributed by atoms with Crippen LogP contribution in [0, 0.1) is 0 Å². The van der Waals surface area contributed by atoms with Gasteiger partial charge in [-0.2, -0.15) is 0 Å². The smallest absolute Gasteiger partial charge is 0.323 e. The Bertz CT molecular complexity index is 498. The summed E-state index contributed by atoms with van der Waals surface area (Å²) in [4.78, 5) is 24.7. The average molecular weight is 263 g/mol. The van der Waals surface area contributed by atoms with Crippen LogP contribution < -0.4 is 4.74 Å². The molecule has 0 fully saturated rings. The number of carbonyl (C=O) groups excluding carboxylic acids is 1. The molecule has 0 aliphatic carbocycles. The molecule has 0 bridgehead atoms. The molecule has 0 saturated heterocycles. The first-order valence-corrected chi connectivity index (χ1v) is 6.24. The zero-order chi connectivity index (χ0) is 14.0. The summed E-state index contributed by atoms with van der Waals surface area (Å²) >= 11 is 0. The highest BCUT2D eigenvalue weighted by Crippen LogP contribution is 2.34. The Morgan fingerprint density at radius 2 is 2.11 bits per heavy atom. The molecule has 1 amide bonds. The normalized spacial score (nSPS) is 16.9. The Hall–Kier alpha value is -2.04. The van der Waals surface area contributed by atoms with Gasteiger partial charge in [0.2, 0.25) is 5.91 Å². The zero-order valence-electron chi connectivity index (χ0n) is 11.0. The van der Waals surface area contributed by atoms with Crippen molar-refractivity contribution in [3.8, 4) is 5.75 Å². The summed E-state index contributed by atoms with van der Waals surface area (Å²) in [5.74, 6) is -0.894. The standard InChI is InChI=1S/C14H17NO4/c1-9(2)15(7-13(16)17)14(18)11-8-19-12-6-4-3-5-10(11)12/h3-6,9,11H,7-8H2,1-2H3,(H,16,17). The number of hydrogen-bond donors (Lipinski definition) is 1. The van der Waals surface area contributed by atoms with Gasteiger partial charge in [0.15, 0.2) is 0 Å². The van der Waals surface area contributed by atoms with E-state index in [1.165, 1.54) is 4.90 Å². The lowest BCUT2D eigenvalue weighted by atomic mass is 9.99. The Kier molecular flexibility index (Phi) is 3.74. The molecule has 1 unspecified atom stereocenters. The topological polar surface area (TPSA) is 66.8 Å². The molecule has 1 aliphatic rings. The van der Waals surface area contributed by atoms with Crippen molar-refractivity contribution in [2.45, 2.75) is 25.8 Å². The summed E-state index contributed by atoms with van der Waals surface area (Å²) in [5, 5.41) is 8.89. The number of para-hydroxylation sites is 1. The summed E-state index contributed by atoms with van der Waals surface area (Å²) in [6.07, 6.45) is 0. The maximum Gasteiger partial charge on any atom is 0.323 e. The first-order valence-electron chi connectivity index (χ1n) is 6.24. The predicted octanol–water partition coefficient (Wildman–Crippen LogP) is 1.48. The SMILES string of the molecule is CC(C)N(CC(=O)O)C(=O)C1COc2ccccc21. The van der Waals surface area contributed by atoms with Gasteiger partial charge in [-0.1, -0.05) is 18.2 Å². The van der Waals surface area contributed by atoms with Crippen molar-refractivity contribution in [2.75, 3.05) is 13.2 Å². The molecule has 1 heterocycles. The molecule has 102 valence electrons. The molecule has 1 aliphatic heterocycles. The second-order valence-corrected chi connectivity index (χ2v) is 4.86. The first-order chi connectivity index (χ1) is 9.00. The highest BCUT2D eigenvalue weighted by Gasteiger charge is 2.34. The van der Waals surface area contributed by atoms with Gasteiger partial charge in [0.25, 0.3) is 0 Å². The fraction of sp³-hybridized carbons (Fsp3) is 0.429. The van der Waals surface area contributed by atoms with Crippen LogP contribution in [-0.2, 0) is 9.59 Å². The monoisotopic (exact) mass is 263 g/mol. The molecule has 0 saturated carbocycles. The number of carboxylic acid groups (broad SMARTS) is 1. The van der Waals surface area contributed by atoms with E-state index in [-0.39, 0.29) is 25.1 Å². The Morgan fingerprint density at radius 3 is 2.74 bits per heavy atom. The van der Waals surface area contributed by atoms with E-state index in [2.05, 4.69) is 0 Å². The van der Waals surface area contributed by atoms with Gasteiger partial charge in [-0.15, -0.1) is 0 Å². The van der Waals surface area contributed by atoms with Crippen LogP contribution in [0.4, 0.5) is 0 Å². The van der Waals surface area contributed by atoms with Gasteiger partial charge in [-0.3, -0.25) is 9.59 Å². The Morgan fingerprint density at radius 1 is 1.42 bits per heavy atom. The molecule has 0 spiro atoms. The minimum absolute atomic E-state index is 0.156. The number of carboxylic acids is 1. The van der Waals surface area contributed by atoms with Crippen LogP contribution in [0.3, 0.4) is 0 Å². The summed E-state index contributed by atoms with van der Waals surface area (Å²) in [6.45, 7) is 3.61. The maximum absolute atomic E-state index is 12.5. The van der Waals surface area contributed by atoms with E-state index in [1.54, 1.807) is 0 Å². The third-order valence-electron chi connectivity index (χ3n) is 3.21. The lowest BCUT2D eigenvalue weighted by molar-refractivity contribution is -0.146. The van der Waals surface area contributed by atoms with Crippen molar-refractivity contribution in [2.24, 2.45) is 0 Å². The molecule has 0 radical (unpaired) electrons. The van der Waals surface area contributed by atoms with Crippen LogP contribution in [-0.4, -0.2) is 41.1 Å². The molecule has 1 aromatic rings. The molecule has 1 aromatic carbocycles. The van der Waals surface area contributed by atoms with Crippen LogP contribution >= 0.6 is 0 Å². The van der Waals surface area contributed by atoms with Gasteiger partial charge in [0.05, 0.1) is 0 Å². The maximum atomic E-state index is 12.5. The van der Waals surface area contributed by atoms with E-state index in [1.807, 2.05) is 38.1 Å². The molecule has 0 aromatic heterocycles. The minimum atomic E-state index is -1.01. The van der Waals surface area contributed by atoms with Crippen molar-refractivity contribution in [3.05, 3.63) is 29.8 Å². The van der Waals surface area contributed by atoms with Crippen molar-refractivity contribution in [1.29, 1.82) is 0 Å². The molecule has 19 heavy (non-hydrogen) atoms. The number of rotatable bonds is 4. The number of nitrogens with zero attached hydrogens (tertiary/aromatic N) is 1. The van der Waals surface area contributed by atoms with Crippen molar-refractivity contribution < 1.29 is 19.4 Å². The average Bonchev–Trinajstić information content (AvgIpc) is 2.78. The van der Waals surface area contributed by atoms with E-state index in [0.717, 1.165) is 5.56 Å². The highest BCUT2D eigenvalue weighted by molar-refractivity contribution is 5.88. The number of hydrogen-bond acceptors (Lipinski definition) is 3. The minimum Gasteiger partial charge on any atom is -0.492 e. The van der Waals surface area contributed by atoms with Gasteiger partial charge in [-0.25, -0.2) is 0 Å². The molecule has 2 rings (SSSR count). The van der Waals surface area contributed by atoms with Crippen molar-refractivity contribution in [1.82, 2.24) is 4.90 Å². The fourth-order valence-corrected chi connectivity index (χ4v) is 2.23. The summed E-state index contributed by atoms with van der Waals surface area (Å²) in [5.41, 5.74) is 0.837. The Balaban J connectivity index is 2.22. The van der Waals surface area contributed by atoms with Gasteiger partial charge < -0.3 is 14.7 Å². The lowest BCUT2D eigenvalue weighted by Gasteiger charge is -2.27. The number of benzene rings is 1. The predicted molar refractivity (Wildman–Crippen MR) is 69.2 cm³/mol. The number of amides is 1. The molecular formula is C14H17NO4. The molecule has 1 atom stereocenters. The van der Waals surface area contributed by atoms with Crippen LogP contribution in [0.1, 0.15) is 25.3 Å². The van der Waals surface area contributed by atoms with E-state index < -0.39 is 11.9 Å². The van der Waals surface area contributed by atoms with E-state index in [4.69, 9.17) is 9.84 Å². The lowest BCUT2D eigenvalue weighted by Crippen LogP contribution is -2.43. The van der Waals surface area contributed by atoms with Crippen LogP contribution in [0.5, 0.6) is 5.75 Å². The third kappa shape index (κ3) is 2.70. The van der Waals surface area contributed by atoms with Crippen LogP contribution in [0.2, 0.25) is 0 Å². The number of aliphatic carboxylic acids is 1. The molecular weight excluding hydrogens is 246 g/mol. The molecule has 5 nitrogen and oxygen atoms in total. The van der Waals surface area contributed by atoms with E-state index in [0.29, 0.717) is 5.75 Å². The Labute approximate surface area is 111 Å². The van der Waals surface area contributed by atoms with Crippen molar-refractivity contribution in [3.63, 3.8) is 0 Å².